The van der Waals surface area contributed by atoms with Crippen LogP contribution >= 0.6 is 0 Å². The largest absolute Gasteiger partial charge is 0.445 e. The second-order valence-corrected chi connectivity index (χ2v) is 5.48. The molecule has 1 aromatic carbocycles. The van der Waals surface area contributed by atoms with Gasteiger partial charge in [0.15, 0.2) is 0 Å². The number of aromatic nitrogens is 2. The summed E-state index contributed by atoms with van der Waals surface area (Å²) in [6.45, 7) is 2.39. The average molecular weight is 300 g/mol. The van der Waals surface area contributed by atoms with Gasteiger partial charge in [0.05, 0.1) is 6.54 Å². The predicted molar refractivity (Wildman–Crippen MR) is 82.0 cm³/mol. The van der Waals surface area contributed by atoms with Gasteiger partial charge >= 0.3 is 6.09 Å². The van der Waals surface area contributed by atoms with Crippen molar-refractivity contribution in [3.05, 3.63) is 54.1 Å². The summed E-state index contributed by atoms with van der Waals surface area (Å²) in [6.07, 6.45) is 3.45. The molecule has 0 radical (unpaired) electrons. The van der Waals surface area contributed by atoms with Crippen LogP contribution in [0.5, 0.6) is 0 Å². The second kappa shape index (κ2) is 6.62. The van der Waals surface area contributed by atoms with Crippen LogP contribution in [-0.2, 0) is 24.9 Å². The van der Waals surface area contributed by atoms with E-state index in [1.54, 1.807) is 11.1 Å². The highest BCUT2D eigenvalue weighted by Gasteiger charge is 2.31. The predicted octanol–water partition coefficient (Wildman–Crippen LogP) is 1.53. The second-order valence-electron chi connectivity index (χ2n) is 5.48. The summed E-state index contributed by atoms with van der Waals surface area (Å²) in [5.41, 5.74) is 1.00. The third-order valence-electron chi connectivity index (χ3n) is 3.81. The van der Waals surface area contributed by atoms with E-state index in [-0.39, 0.29) is 6.09 Å². The summed E-state index contributed by atoms with van der Waals surface area (Å²) < 4.78 is 7.28. The van der Waals surface area contributed by atoms with Gasteiger partial charge in [-0.05, 0) is 5.56 Å². The van der Waals surface area contributed by atoms with Crippen LogP contribution in [-0.4, -0.2) is 39.7 Å². The SMILES string of the molecule is Cn1ccnc1CNC1CN(C(=O)OCc2ccccc2)C1. The lowest BCUT2D eigenvalue weighted by Gasteiger charge is -2.38. The van der Waals surface area contributed by atoms with Crippen LogP contribution < -0.4 is 5.32 Å². The van der Waals surface area contributed by atoms with E-state index < -0.39 is 0 Å². The van der Waals surface area contributed by atoms with Crippen LogP contribution in [0.1, 0.15) is 11.4 Å². The maximum atomic E-state index is 11.9. The van der Waals surface area contributed by atoms with Crippen molar-refractivity contribution in [2.45, 2.75) is 19.2 Å². The maximum absolute atomic E-state index is 11.9. The molecule has 2 aromatic rings. The van der Waals surface area contributed by atoms with Gasteiger partial charge in [-0.15, -0.1) is 0 Å². The minimum atomic E-state index is -0.251. The molecule has 3 rings (SSSR count). The summed E-state index contributed by atoms with van der Waals surface area (Å²) in [5.74, 6) is 0.991. The van der Waals surface area contributed by atoms with Gasteiger partial charge in [0.2, 0.25) is 0 Å². The van der Waals surface area contributed by atoms with Gasteiger partial charge in [-0.1, -0.05) is 30.3 Å². The van der Waals surface area contributed by atoms with Crippen molar-refractivity contribution in [3.63, 3.8) is 0 Å². The van der Waals surface area contributed by atoms with E-state index in [9.17, 15) is 4.79 Å². The van der Waals surface area contributed by atoms with Crippen molar-refractivity contribution in [1.29, 1.82) is 0 Å². The molecule has 0 unspecified atom stereocenters. The van der Waals surface area contributed by atoms with Crippen molar-refractivity contribution in [2.75, 3.05) is 13.1 Å². The summed E-state index contributed by atoms with van der Waals surface area (Å²) in [6, 6.07) is 10.0. The molecule has 1 fully saturated rings. The van der Waals surface area contributed by atoms with Gasteiger partial charge in [-0.2, -0.15) is 0 Å². The molecule has 1 saturated heterocycles. The van der Waals surface area contributed by atoms with Crippen LogP contribution in [0.15, 0.2) is 42.7 Å². The Hall–Kier alpha value is -2.34. The first kappa shape index (κ1) is 14.6. The van der Waals surface area contributed by atoms with Crippen LogP contribution in [0.4, 0.5) is 4.79 Å². The molecule has 0 aliphatic carbocycles. The summed E-state index contributed by atoms with van der Waals surface area (Å²) in [4.78, 5) is 17.9. The summed E-state index contributed by atoms with van der Waals surface area (Å²) in [7, 11) is 1.97. The van der Waals surface area contributed by atoms with E-state index in [0.29, 0.717) is 32.3 Å². The molecule has 0 spiro atoms. The first-order valence-electron chi connectivity index (χ1n) is 7.37. The highest BCUT2D eigenvalue weighted by Crippen LogP contribution is 2.11. The molecule has 1 aromatic heterocycles. The number of aryl methyl sites for hydroxylation is 1. The molecule has 6 nitrogen and oxygen atoms in total. The Morgan fingerprint density at radius 1 is 1.36 bits per heavy atom. The maximum Gasteiger partial charge on any atom is 0.410 e. The Kier molecular flexibility index (Phi) is 4.39. The highest BCUT2D eigenvalue weighted by molar-refractivity contribution is 5.68. The van der Waals surface area contributed by atoms with E-state index in [4.69, 9.17) is 4.74 Å². The molecule has 0 bridgehead atoms. The Bertz CT molecular complexity index is 620. The number of likely N-dealkylation sites (tertiary alicyclic amines) is 1. The lowest BCUT2D eigenvalue weighted by molar-refractivity contribution is 0.0598. The minimum absolute atomic E-state index is 0.251. The summed E-state index contributed by atoms with van der Waals surface area (Å²) in [5, 5.41) is 3.39. The van der Waals surface area contributed by atoms with Crippen LogP contribution in [0, 0.1) is 0 Å². The Labute approximate surface area is 129 Å². The van der Waals surface area contributed by atoms with E-state index >= 15 is 0 Å². The molecular formula is C16H20N4O2. The third kappa shape index (κ3) is 3.46. The normalized spacial score (nSPS) is 14.7. The smallest absolute Gasteiger partial charge is 0.410 e. The van der Waals surface area contributed by atoms with Crippen molar-refractivity contribution in [1.82, 2.24) is 19.8 Å². The number of carbonyl (C=O) groups excluding carboxylic acids is 1. The third-order valence-corrected chi connectivity index (χ3v) is 3.81. The Morgan fingerprint density at radius 3 is 2.82 bits per heavy atom. The van der Waals surface area contributed by atoms with Crippen molar-refractivity contribution in [3.8, 4) is 0 Å². The molecular weight excluding hydrogens is 280 g/mol. The first-order chi connectivity index (χ1) is 10.7. The summed E-state index contributed by atoms with van der Waals surface area (Å²) >= 11 is 0. The van der Waals surface area contributed by atoms with Crippen LogP contribution in [0.25, 0.3) is 0 Å². The number of nitrogens with one attached hydrogen (secondary N) is 1. The number of amides is 1. The molecule has 2 heterocycles. The van der Waals surface area contributed by atoms with Gasteiger partial charge < -0.3 is 19.5 Å². The molecule has 0 atom stereocenters. The number of nitrogens with zero attached hydrogens (tertiary/aromatic N) is 3. The van der Waals surface area contributed by atoms with Crippen LogP contribution in [0.3, 0.4) is 0 Å². The molecule has 1 aliphatic heterocycles. The van der Waals surface area contributed by atoms with Gasteiger partial charge in [0.1, 0.15) is 12.4 Å². The van der Waals surface area contributed by atoms with Crippen molar-refractivity contribution >= 4 is 6.09 Å². The zero-order valence-corrected chi connectivity index (χ0v) is 12.6. The zero-order chi connectivity index (χ0) is 15.4. The van der Waals surface area contributed by atoms with Crippen molar-refractivity contribution in [2.24, 2.45) is 7.05 Å². The zero-order valence-electron chi connectivity index (χ0n) is 12.6. The quantitative estimate of drug-likeness (QED) is 0.910. The number of imidazole rings is 1. The van der Waals surface area contributed by atoms with E-state index in [0.717, 1.165) is 11.4 Å². The number of carbonyl (C=O) groups is 1. The number of hydrogen-bond donors (Lipinski definition) is 1. The molecule has 22 heavy (non-hydrogen) atoms. The van der Waals surface area contributed by atoms with Crippen LogP contribution in [0.2, 0.25) is 0 Å². The van der Waals surface area contributed by atoms with Gasteiger partial charge in [0.25, 0.3) is 0 Å². The lowest BCUT2D eigenvalue weighted by atomic mass is 10.1. The van der Waals surface area contributed by atoms with E-state index in [2.05, 4.69) is 10.3 Å². The molecule has 1 N–H and O–H groups in total. The monoisotopic (exact) mass is 300 g/mol. The lowest BCUT2D eigenvalue weighted by Crippen LogP contribution is -2.59. The van der Waals surface area contributed by atoms with Gasteiger partial charge in [-0.3, -0.25) is 0 Å². The van der Waals surface area contributed by atoms with Crippen molar-refractivity contribution < 1.29 is 9.53 Å². The highest BCUT2D eigenvalue weighted by atomic mass is 16.6. The number of rotatable bonds is 5. The molecule has 1 aliphatic rings. The first-order valence-corrected chi connectivity index (χ1v) is 7.37. The fraction of sp³-hybridized carbons (Fsp3) is 0.375. The number of benzene rings is 1. The molecule has 1 amide bonds. The Balaban J connectivity index is 1.36. The number of hydrogen-bond acceptors (Lipinski definition) is 4. The average Bonchev–Trinajstić information content (AvgIpc) is 2.90. The molecule has 0 saturated carbocycles. The molecule has 116 valence electrons. The van der Waals surface area contributed by atoms with E-state index in [1.807, 2.05) is 48.1 Å². The topological polar surface area (TPSA) is 59.4 Å². The minimum Gasteiger partial charge on any atom is -0.445 e. The van der Waals surface area contributed by atoms with Gasteiger partial charge in [-0.25, -0.2) is 9.78 Å². The fourth-order valence-corrected chi connectivity index (χ4v) is 2.37. The fourth-order valence-electron chi connectivity index (χ4n) is 2.37. The Morgan fingerprint density at radius 2 is 2.14 bits per heavy atom. The molecule has 6 heteroatoms. The standard InChI is InChI=1S/C16H20N4O2/c1-19-8-7-17-15(19)9-18-14-10-20(11-14)16(21)22-12-13-5-3-2-4-6-13/h2-8,14,18H,9-12H2,1H3. The number of ether oxygens (including phenoxy) is 1. The van der Waals surface area contributed by atoms with Gasteiger partial charge in [0, 0.05) is 38.6 Å². The van der Waals surface area contributed by atoms with E-state index in [1.165, 1.54) is 0 Å².